The van der Waals surface area contributed by atoms with Crippen LogP contribution in [0.5, 0.6) is 0 Å². The van der Waals surface area contributed by atoms with E-state index in [2.05, 4.69) is 12.2 Å². The summed E-state index contributed by atoms with van der Waals surface area (Å²) in [5, 5.41) is 12.5. The normalized spacial score (nSPS) is 32.4. The van der Waals surface area contributed by atoms with E-state index in [4.69, 9.17) is 0 Å². The van der Waals surface area contributed by atoms with Crippen molar-refractivity contribution < 1.29 is 14.7 Å². The molecular weight excluding hydrogens is 254 g/mol. The minimum Gasteiger partial charge on any atom is -0.480 e. The predicted octanol–water partition coefficient (Wildman–Crippen LogP) is 3.11. The Morgan fingerprint density at radius 2 is 1.70 bits per heavy atom. The Morgan fingerprint density at radius 1 is 1.05 bits per heavy atom. The van der Waals surface area contributed by atoms with Gasteiger partial charge in [0.1, 0.15) is 5.54 Å². The summed E-state index contributed by atoms with van der Waals surface area (Å²) in [5.74, 6) is -0.491. The van der Waals surface area contributed by atoms with E-state index in [1.165, 1.54) is 12.8 Å². The fraction of sp³-hybridized carbons (Fsp3) is 0.875. The van der Waals surface area contributed by atoms with Gasteiger partial charge >= 0.3 is 5.97 Å². The molecule has 0 radical (unpaired) electrons. The number of nitrogens with one attached hydrogen (secondary N) is 1. The maximum absolute atomic E-state index is 12.5. The van der Waals surface area contributed by atoms with E-state index in [9.17, 15) is 14.7 Å². The molecule has 2 aliphatic carbocycles. The molecular formula is C16H27NO3. The van der Waals surface area contributed by atoms with E-state index in [0.717, 1.165) is 38.5 Å². The van der Waals surface area contributed by atoms with Gasteiger partial charge in [0.15, 0.2) is 0 Å². The summed E-state index contributed by atoms with van der Waals surface area (Å²) in [4.78, 5) is 24.2. The zero-order chi connectivity index (χ0) is 14.6. The molecule has 0 aromatic rings. The number of rotatable bonds is 3. The number of carbonyl (C=O) groups is 2. The van der Waals surface area contributed by atoms with Gasteiger partial charge in [-0.1, -0.05) is 45.4 Å². The van der Waals surface area contributed by atoms with Crippen molar-refractivity contribution in [1.29, 1.82) is 0 Å². The van der Waals surface area contributed by atoms with Crippen molar-refractivity contribution in [2.24, 2.45) is 11.8 Å². The summed E-state index contributed by atoms with van der Waals surface area (Å²) in [6.07, 6.45) is 9.51. The first kappa shape index (κ1) is 15.3. The largest absolute Gasteiger partial charge is 0.480 e. The van der Waals surface area contributed by atoms with Gasteiger partial charge in [0.25, 0.3) is 0 Å². The molecule has 4 nitrogen and oxygen atoms in total. The smallest absolute Gasteiger partial charge is 0.329 e. The lowest BCUT2D eigenvalue weighted by Crippen LogP contribution is -2.58. The molecule has 2 fully saturated rings. The van der Waals surface area contributed by atoms with Crippen molar-refractivity contribution in [2.75, 3.05) is 0 Å². The standard InChI is InChI=1S/C16H27NO3/c1-12-7-6-10-16(11-12,15(19)20)17-14(18)13-8-4-2-3-5-9-13/h12-13H,2-11H2,1H3,(H,17,18)(H,19,20). The zero-order valence-corrected chi connectivity index (χ0v) is 12.5. The molecule has 0 spiro atoms. The number of carboxylic acid groups (broad SMARTS) is 1. The van der Waals surface area contributed by atoms with Crippen LogP contribution >= 0.6 is 0 Å². The summed E-state index contributed by atoms with van der Waals surface area (Å²) in [5.41, 5.74) is -1.01. The van der Waals surface area contributed by atoms with Gasteiger partial charge in [0, 0.05) is 5.92 Å². The van der Waals surface area contributed by atoms with Crippen LogP contribution in [0.3, 0.4) is 0 Å². The quantitative estimate of drug-likeness (QED) is 0.781. The monoisotopic (exact) mass is 281 g/mol. The number of carboxylic acids is 1. The maximum Gasteiger partial charge on any atom is 0.329 e. The minimum absolute atomic E-state index is 0.0194. The Morgan fingerprint density at radius 3 is 2.25 bits per heavy atom. The summed E-state index contributed by atoms with van der Waals surface area (Å²) in [7, 11) is 0. The van der Waals surface area contributed by atoms with Crippen molar-refractivity contribution in [2.45, 2.75) is 76.7 Å². The molecule has 4 heteroatoms. The maximum atomic E-state index is 12.5. The molecule has 2 N–H and O–H groups in total. The van der Waals surface area contributed by atoms with Crippen molar-refractivity contribution in [3.8, 4) is 0 Å². The highest BCUT2D eigenvalue weighted by molar-refractivity contribution is 5.88. The van der Waals surface area contributed by atoms with Gasteiger partial charge in [-0.15, -0.1) is 0 Å². The van der Waals surface area contributed by atoms with Crippen molar-refractivity contribution in [1.82, 2.24) is 5.32 Å². The SMILES string of the molecule is CC1CCCC(NC(=O)C2CCCCCC2)(C(=O)O)C1. The molecule has 0 bridgehead atoms. The number of hydrogen-bond acceptors (Lipinski definition) is 2. The molecule has 2 atom stereocenters. The number of hydrogen-bond donors (Lipinski definition) is 2. The van der Waals surface area contributed by atoms with Gasteiger partial charge < -0.3 is 10.4 Å². The fourth-order valence-electron chi connectivity index (χ4n) is 3.79. The van der Waals surface area contributed by atoms with Crippen LogP contribution in [0.25, 0.3) is 0 Å². The molecule has 2 saturated carbocycles. The number of aliphatic carboxylic acids is 1. The Labute approximate surface area is 121 Å². The third-order valence-electron chi connectivity index (χ3n) is 5.00. The van der Waals surface area contributed by atoms with Crippen LogP contribution in [0.2, 0.25) is 0 Å². The Balaban J connectivity index is 2.03. The molecule has 20 heavy (non-hydrogen) atoms. The first-order valence-electron chi connectivity index (χ1n) is 8.09. The lowest BCUT2D eigenvalue weighted by Gasteiger charge is -2.38. The van der Waals surface area contributed by atoms with Crippen LogP contribution in [0.15, 0.2) is 0 Å². The average molecular weight is 281 g/mol. The van der Waals surface area contributed by atoms with E-state index in [0.29, 0.717) is 18.8 Å². The second-order valence-electron chi connectivity index (χ2n) is 6.77. The van der Waals surface area contributed by atoms with Gasteiger partial charge in [-0.05, 0) is 31.6 Å². The topological polar surface area (TPSA) is 66.4 Å². The third kappa shape index (κ3) is 3.53. The van der Waals surface area contributed by atoms with E-state index in [-0.39, 0.29) is 11.8 Å². The van der Waals surface area contributed by atoms with Gasteiger partial charge in [0.2, 0.25) is 5.91 Å². The average Bonchev–Trinajstić information content (AvgIpc) is 2.67. The molecule has 0 aromatic carbocycles. The summed E-state index contributed by atoms with van der Waals surface area (Å²) < 4.78 is 0. The summed E-state index contributed by atoms with van der Waals surface area (Å²) in [6, 6.07) is 0. The summed E-state index contributed by atoms with van der Waals surface area (Å²) in [6.45, 7) is 2.08. The molecule has 0 heterocycles. The van der Waals surface area contributed by atoms with Gasteiger partial charge in [-0.3, -0.25) is 4.79 Å². The molecule has 0 aromatic heterocycles. The molecule has 2 unspecified atom stereocenters. The van der Waals surface area contributed by atoms with Gasteiger partial charge in [-0.2, -0.15) is 0 Å². The zero-order valence-electron chi connectivity index (χ0n) is 12.5. The fourth-order valence-corrected chi connectivity index (χ4v) is 3.79. The Hall–Kier alpha value is -1.06. The molecule has 0 saturated heterocycles. The molecule has 0 aliphatic heterocycles. The lowest BCUT2D eigenvalue weighted by atomic mass is 9.76. The van der Waals surface area contributed by atoms with Gasteiger partial charge in [0.05, 0.1) is 0 Å². The number of amides is 1. The van der Waals surface area contributed by atoms with Crippen LogP contribution < -0.4 is 5.32 Å². The second-order valence-corrected chi connectivity index (χ2v) is 6.77. The van der Waals surface area contributed by atoms with Crippen LogP contribution in [0.1, 0.15) is 71.1 Å². The van der Waals surface area contributed by atoms with Crippen molar-refractivity contribution in [3.05, 3.63) is 0 Å². The third-order valence-corrected chi connectivity index (χ3v) is 5.00. The van der Waals surface area contributed by atoms with Crippen molar-refractivity contribution in [3.63, 3.8) is 0 Å². The van der Waals surface area contributed by atoms with E-state index in [1.54, 1.807) is 0 Å². The summed E-state index contributed by atoms with van der Waals surface area (Å²) >= 11 is 0. The molecule has 2 aliphatic rings. The molecule has 114 valence electrons. The van der Waals surface area contributed by atoms with E-state index >= 15 is 0 Å². The highest BCUT2D eigenvalue weighted by Crippen LogP contribution is 2.33. The molecule has 1 amide bonds. The van der Waals surface area contributed by atoms with Gasteiger partial charge in [-0.25, -0.2) is 4.79 Å². The number of carbonyl (C=O) groups excluding carboxylic acids is 1. The minimum atomic E-state index is -1.01. The highest BCUT2D eigenvalue weighted by Gasteiger charge is 2.44. The first-order valence-corrected chi connectivity index (χ1v) is 8.09. The Kier molecular flexibility index (Phi) is 5.06. The first-order chi connectivity index (χ1) is 9.53. The molecule has 2 rings (SSSR count). The van der Waals surface area contributed by atoms with Crippen LogP contribution in [0.4, 0.5) is 0 Å². The van der Waals surface area contributed by atoms with Crippen LogP contribution in [0, 0.1) is 11.8 Å². The van der Waals surface area contributed by atoms with Crippen LogP contribution in [-0.4, -0.2) is 22.5 Å². The Bertz CT molecular complexity index is 361. The van der Waals surface area contributed by atoms with Crippen molar-refractivity contribution >= 4 is 11.9 Å². The second kappa shape index (κ2) is 6.59. The van der Waals surface area contributed by atoms with Crippen LogP contribution in [-0.2, 0) is 9.59 Å². The lowest BCUT2D eigenvalue weighted by molar-refractivity contribution is -0.150. The van der Waals surface area contributed by atoms with E-state index in [1.807, 2.05) is 0 Å². The van der Waals surface area contributed by atoms with E-state index < -0.39 is 11.5 Å². The predicted molar refractivity (Wildman–Crippen MR) is 77.3 cm³/mol. The highest BCUT2D eigenvalue weighted by atomic mass is 16.4.